The number of ether oxygens (including phenoxy) is 1. The number of hydrogen-bond donors (Lipinski definition) is 2. The smallest absolute Gasteiger partial charge is 0.255 e. The molecule has 1 rings (SSSR count). The molecule has 0 aliphatic heterocycles. The van der Waals surface area contributed by atoms with Gasteiger partial charge in [-0.25, -0.2) is 0 Å². The maximum absolute atomic E-state index is 12.2. The molecule has 0 fully saturated rings. The summed E-state index contributed by atoms with van der Waals surface area (Å²) in [5.41, 5.74) is 7.14. The van der Waals surface area contributed by atoms with Crippen LogP contribution in [0.25, 0.3) is 0 Å². The summed E-state index contributed by atoms with van der Waals surface area (Å²) in [5.74, 6) is 0.497. The van der Waals surface area contributed by atoms with E-state index in [4.69, 9.17) is 10.5 Å². The van der Waals surface area contributed by atoms with Crippen molar-refractivity contribution in [2.45, 2.75) is 32.7 Å². The van der Waals surface area contributed by atoms with Crippen molar-refractivity contribution in [3.05, 3.63) is 29.3 Å². The predicted molar refractivity (Wildman–Crippen MR) is 72.9 cm³/mol. The summed E-state index contributed by atoms with van der Waals surface area (Å²) in [6.07, 6.45) is 1.66. The van der Waals surface area contributed by atoms with E-state index in [2.05, 4.69) is 5.32 Å². The molecule has 0 saturated heterocycles. The van der Waals surface area contributed by atoms with Crippen LogP contribution in [0.2, 0.25) is 0 Å². The van der Waals surface area contributed by atoms with E-state index in [0.29, 0.717) is 17.9 Å². The van der Waals surface area contributed by atoms with Crippen LogP contribution in [0.15, 0.2) is 18.2 Å². The van der Waals surface area contributed by atoms with Crippen molar-refractivity contribution in [2.75, 3.05) is 13.7 Å². The molecule has 1 aromatic carbocycles. The molecule has 1 unspecified atom stereocenters. The van der Waals surface area contributed by atoms with E-state index in [9.17, 15) is 4.79 Å². The van der Waals surface area contributed by atoms with Gasteiger partial charge in [-0.3, -0.25) is 4.79 Å². The van der Waals surface area contributed by atoms with Gasteiger partial charge in [-0.2, -0.15) is 0 Å². The summed E-state index contributed by atoms with van der Waals surface area (Å²) >= 11 is 0. The third kappa shape index (κ3) is 3.74. The zero-order valence-electron chi connectivity index (χ0n) is 11.3. The number of aryl methyl sites for hydroxylation is 1. The van der Waals surface area contributed by atoms with Gasteiger partial charge in [-0.1, -0.05) is 18.6 Å². The van der Waals surface area contributed by atoms with Crippen LogP contribution in [0.4, 0.5) is 0 Å². The van der Waals surface area contributed by atoms with Crippen molar-refractivity contribution in [1.29, 1.82) is 0 Å². The quantitative estimate of drug-likeness (QED) is 0.810. The Morgan fingerprint density at radius 2 is 2.22 bits per heavy atom. The molecule has 0 aliphatic carbocycles. The molecular weight excluding hydrogens is 228 g/mol. The Morgan fingerprint density at radius 1 is 1.50 bits per heavy atom. The van der Waals surface area contributed by atoms with Crippen LogP contribution in [0.5, 0.6) is 5.75 Å². The number of amides is 1. The minimum absolute atomic E-state index is 0.101. The second-order valence-electron chi connectivity index (χ2n) is 4.36. The van der Waals surface area contributed by atoms with E-state index < -0.39 is 0 Å². The van der Waals surface area contributed by atoms with Crippen molar-refractivity contribution in [2.24, 2.45) is 5.73 Å². The third-order valence-corrected chi connectivity index (χ3v) is 2.94. The lowest BCUT2D eigenvalue weighted by molar-refractivity contribution is 0.0931. The fourth-order valence-corrected chi connectivity index (χ4v) is 1.84. The van der Waals surface area contributed by atoms with E-state index in [1.54, 1.807) is 7.11 Å². The molecule has 0 bridgehead atoms. The second kappa shape index (κ2) is 7.01. The van der Waals surface area contributed by atoms with E-state index in [-0.39, 0.29) is 11.9 Å². The molecule has 0 heterocycles. The second-order valence-corrected chi connectivity index (χ2v) is 4.36. The van der Waals surface area contributed by atoms with E-state index in [1.807, 2.05) is 32.0 Å². The molecule has 0 aromatic heterocycles. The Kier molecular flexibility index (Phi) is 5.65. The standard InChI is InChI=1S/C14H22N2O2/c1-4-11(7-8-15)16-14(17)12-9-10(2)5-6-13(12)18-3/h5-6,9,11H,4,7-8,15H2,1-3H3,(H,16,17). The van der Waals surface area contributed by atoms with Crippen LogP contribution in [0.1, 0.15) is 35.7 Å². The summed E-state index contributed by atoms with van der Waals surface area (Å²) in [5, 5.41) is 2.99. The lowest BCUT2D eigenvalue weighted by Gasteiger charge is -2.17. The summed E-state index contributed by atoms with van der Waals surface area (Å²) in [7, 11) is 1.57. The first-order chi connectivity index (χ1) is 8.62. The van der Waals surface area contributed by atoms with E-state index in [0.717, 1.165) is 18.4 Å². The summed E-state index contributed by atoms with van der Waals surface area (Å²) in [6.45, 7) is 4.56. The van der Waals surface area contributed by atoms with Crippen LogP contribution in [0, 0.1) is 6.92 Å². The van der Waals surface area contributed by atoms with Crippen molar-refractivity contribution in [3.63, 3.8) is 0 Å². The van der Waals surface area contributed by atoms with Crippen LogP contribution < -0.4 is 15.8 Å². The minimum atomic E-state index is -0.101. The lowest BCUT2D eigenvalue weighted by atomic mass is 10.1. The summed E-state index contributed by atoms with van der Waals surface area (Å²) < 4.78 is 5.21. The molecule has 3 N–H and O–H groups in total. The van der Waals surface area contributed by atoms with Crippen LogP contribution in [-0.4, -0.2) is 25.6 Å². The van der Waals surface area contributed by atoms with Gasteiger partial charge in [0.2, 0.25) is 0 Å². The zero-order valence-corrected chi connectivity index (χ0v) is 11.3. The molecule has 0 radical (unpaired) electrons. The number of carbonyl (C=O) groups excluding carboxylic acids is 1. The highest BCUT2D eigenvalue weighted by atomic mass is 16.5. The number of nitrogens with two attached hydrogens (primary N) is 1. The molecule has 0 spiro atoms. The van der Waals surface area contributed by atoms with Crippen molar-refractivity contribution in [3.8, 4) is 5.75 Å². The number of nitrogens with one attached hydrogen (secondary N) is 1. The summed E-state index contributed by atoms with van der Waals surface area (Å²) in [4.78, 5) is 12.2. The van der Waals surface area contributed by atoms with Crippen molar-refractivity contribution in [1.82, 2.24) is 5.32 Å². The van der Waals surface area contributed by atoms with Crippen LogP contribution >= 0.6 is 0 Å². The van der Waals surface area contributed by atoms with Gasteiger partial charge in [0.15, 0.2) is 0 Å². The highest BCUT2D eigenvalue weighted by molar-refractivity contribution is 5.97. The minimum Gasteiger partial charge on any atom is -0.496 e. The molecule has 4 nitrogen and oxygen atoms in total. The molecular formula is C14H22N2O2. The monoisotopic (exact) mass is 250 g/mol. The Labute approximate surface area is 109 Å². The van der Waals surface area contributed by atoms with Gasteiger partial charge in [0.25, 0.3) is 5.91 Å². The maximum atomic E-state index is 12.2. The molecule has 1 aromatic rings. The Hall–Kier alpha value is -1.55. The first-order valence-corrected chi connectivity index (χ1v) is 6.28. The molecule has 1 atom stereocenters. The Balaban J connectivity index is 2.85. The molecule has 18 heavy (non-hydrogen) atoms. The number of hydrogen-bond acceptors (Lipinski definition) is 3. The number of methoxy groups -OCH3 is 1. The van der Waals surface area contributed by atoms with Gasteiger partial charge in [0.1, 0.15) is 5.75 Å². The molecule has 0 saturated carbocycles. The van der Waals surface area contributed by atoms with E-state index in [1.165, 1.54) is 0 Å². The normalized spacial score (nSPS) is 12.0. The Bertz CT molecular complexity index is 405. The first kappa shape index (κ1) is 14.5. The van der Waals surface area contributed by atoms with E-state index >= 15 is 0 Å². The molecule has 100 valence electrons. The molecule has 1 amide bonds. The van der Waals surface area contributed by atoms with Crippen LogP contribution in [0.3, 0.4) is 0 Å². The van der Waals surface area contributed by atoms with Gasteiger partial charge in [0, 0.05) is 6.04 Å². The maximum Gasteiger partial charge on any atom is 0.255 e. The Morgan fingerprint density at radius 3 is 2.78 bits per heavy atom. The first-order valence-electron chi connectivity index (χ1n) is 6.28. The molecule has 4 heteroatoms. The lowest BCUT2D eigenvalue weighted by Crippen LogP contribution is -2.36. The summed E-state index contributed by atoms with van der Waals surface area (Å²) in [6, 6.07) is 5.69. The highest BCUT2D eigenvalue weighted by Gasteiger charge is 2.15. The number of rotatable bonds is 6. The SMILES string of the molecule is CCC(CCN)NC(=O)c1cc(C)ccc1OC. The van der Waals surface area contributed by atoms with Crippen LogP contribution in [-0.2, 0) is 0 Å². The third-order valence-electron chi connectivity index (χ3n) is 2.94. The molecule has 0 aliphatic rings. The van der Waals surface area contributed by atoms with Gasteiger partial charge < -0.3 is 15.8 Å². The fraction of sp³-hybridized carbons (Fsp3) is 0.500. The van der Waals surface area contributed by atoms with Crippen molar-refractivity contribution >= 4 is 5.91 Å². The number of benzene rings is 1. The van der Waals surface area contributed by atoms with Gasteiger partial charge in [-0.15, -0.1) is 0 Å². The predicted octanol–water partition coefficient (Wildman–Crippen LogP) is 1.86. The number of carbonyl (C=O) groups is 1. The van der Waals surface area contributed by atoms with Gasteiger partial charge in [-0.05, 0) is 38.4 Å². The zero-order chi connectivity index (χ0) is 13.5. The van der Waals surface area contributed by atoms with Crippen molar-refractivity contribution < 1.29 is 9.53 Å². The average molecular weight is 250 g/mol. The fourth-order valence-electron chi connectivity index (χ4n) is 1.84. The average Bonchev–Trinajstić information content (AvgIpc) is 2.38. The van der Waals surface area contributed by atoms with Gasteiger partial charge in [0.05, 0.1) is 12.7 Å². The largest absolute Gasteiger partial charge is 0.496 e. The van der Waals surface area contributed by atoms with Gasteiger partial charge >= 0.3 is 0 Å². The highest BCUT2D eigenvalue weighted by Crippen LogP contribution is 2.19. The topological polar surface area (TPSA) is 64.3 Å².